The van der Waals surface area contributed by atoms with Crippen molar-refractivity contribution < 1.29 is 23.4 Å². The Balaban J connectivity index is 1.34. The average Bonchev–Trinajstić information content (AvgIpc) is 3.34. The zero-order valence-electron chi connectivity index (χ0n) is 21.7. The number of hydrogen-bond acceptors (Lipinski definition) is 8. The summed E-state index contributed by atoms with van der Waals surface area (Å²) in [4.78, 5) is 23.1. The first-order valence-electron chi connectivity index (χ1n) is 12.6. The number of anilines is 3. The van der Waals surface area contributed by atoms with Gasteiger partial charge in [0, 0.05) is 42.3 Å². The number of carbonyl (C=O) groups excluding carboxylic acids is 1. The molecular formula is C27H31F2N7O3. The quantitative estimate of drug-likeness (QED) is 0.188. The molecule has 0 spiro atoms. The van der Waals surface area contributed by atoms with Gasteiger partial charge in [-0.25, -0.2) is 18.7 Å². The Labute approximate surface area is 224 Å². The van der Waals surface area contributed by atoms with Crippen molar-refractivity contribution in [2.45, 2.75) is 32.7 Å². The van der Waals surface area contributed by atoms with Crippen molar-refractivity contribution in [3.63, 3.8) is 0 Å². The number of nitrogens with one attached hydrogen (secondary N) is 3. The molecule has 0 aliphatic rings. The van der Waals surface area contributed by atoms with Crippen molar-refractivity contribution in [2.24, 2.45) is 0 Å². The highest BCUT2D eigenvalue weighted by atomic mass is 19.2. The highest BCUT2D eigenvalue weighted by molar-refractivity contribution is 5.93. The third-order valence-electron chi connectivity index (χ3n) is 6.04. The van der Waals surface area contributed by atoms with Gasteiger partial charge >= 0.3 is 0 Å². The molecule has 0 fully saturated rings. The summed E-state index contributed by atoms with van der Waals surface area (Å²) in [6.07, 6.45) is 2.13. The fraction of sp³-hybridized carbons (Fsp3) is 0.333. The highest BCUT2D eigenvalue weighted by Crippen LogP contribution is 2.26. The largest absolute Gasteiger partial charge is 0.493 e. The Morgan fingerprint density at radius 1 is 1.15 bits per heavy atom. The lowest BCUT2D eigenvalue weighted by Crippen LogP contribution is -2.34. The van der Waals surface area contributed by atoms with Crippen molar-refractivity contribution in [1.29, 1.82) is 0 Å². The number of aliphatic hydroxyl groups excluding tert-OH is 1. The van der Waals surface area contributed by atoms with Gasteiger partial charge in [0.05, 0.1) is 30.8 Å². The van der Waals surface area contributed by atoms with Gasteiger partial charge in [0.1, 0.15) is 17.9 Å². The van der Waals surface area contributed by atoms with E-state index >= 15 is 0 Å². The molecule has 0 radical (unpaired) electrons. The molecule has 2 aromatic carbocycles. The Hall–Kier alpha value is -4.16. The van der Waals surface area contributed by atoms with Gasteiger partial charge < -0.3 is 20.5 Å². The molecule has 206 valence electrons. The number of carbonyl (C=O) groups is 1. The highest BCUT2D eigenvalue weighted by Gasteiger charge is 2.14. The Kier molecular flexibility index (Phi) is 9.34. The summed E-state index contributed by atoms with van der Waals surface area (Å²) >= 11 is 0. The Bertz CT molecular complexity index is 1410. The number of amides is 1. The topological polar surface area (TPSA) is 128 Å². The molecule has 12 heteroatoms. The van der Waals surface area contributed by atoms with Crippen LogP contribution < -0.4 is 15.4 Å². The summed E-state index contributed by atoms with van der Waals surface area (Å²) in [5.41, 5.74) is 0.921. The minimum atomic E-state index is -1.11. The van der Waals surface area contributed by atoms with Crippen LogP contribution in [0.2, 0.25) is 0 Å². The van der Waals surface area contributed by atoms with Crippen LogP contribution in [0.1, 0.15) is 26.0 Å². The fourth-order valence-corrected chi connectivity index (χ4v) is 4.05. The lowest BCUT2D eigenvalue weighted by molar-refractivity contribution is -0.115. The Morgan fingerprint density at radius 3 is 2.79 bits per heavy atom. The molecule has 0 atom stereocenters. The minimum Gasteiger partial charge on any atom is -0.493 e. The number of ether oxygens (including phenoxy) is 1. The van der Waals surface area contributed by atoms with Crippen LogP contribution >= 0.6 is 0 Å². The van der Waals surface area contributed by atoms with Crippen LogP contribution in [0.4, 0.5) is 26.1 Å². The zero-order valence-corrected chi connectivity index (χ0v) is 21.7. The van der Waals surface area contributed by atoms with Gasteiger partial charge in [-0.05, 0) is 44.5 Å². The molecule has 39 heavy (non-hydrogen) atoms. The van der Waals surface area contributed by atoms with Crippen molar-refractivity contribution >= 4 is 34.1 Å². The van der Waals surface area contributed by atoms with Crippen LogP contribution in [0.5, 0.6) is 5.75 Å². The lowest BCUT2D eigenvalue weighted by Gasteiger charge is -2.25. The van der Waals surface area contributed by atoms with E-state index < -0.39 is 17.5 Å². The number of rotatable bonds is 13. The number of benzene rings is 2. The van der Waals surface area contributed by atoms with E-state index in [0.717, 1.165) is 24.4 Å². The third kappa shape index (κ3) is 7.45. The van der Waals surface area contributed by atoms with Gasteiger partial charge in [0.2, 0.25) is 5.91 Å². The number of H-pyrrole nitrogens is 1. The maximum Gasteiger partial charge on any atom is 0.230 e. The second-order valence-electron chi connectivity index (χ2n) is 9.19. The molecule has 0 aliphatic heterocycles. The molecule has 4 aromatic rings. The SMILES string of the molecule is CC(C)N(CCO)CCCOc1ccc2c(Nc3cc(CC(=O)Nc4cccc(F)c4F)[nH]n3)ncnc2c1. The van der Waals surface area contributed by atoms with Crippen LogP contribution in [-0.2, 0) is 11.2 Å². The standard InChI is InChI=1S/C27H31F2N7O3/c1-17(2)36(10-11-37)9-4-12-39-19-7-8-20-23(15-19)30-16-31-27(20)33-24-13-18(34-35-24)14-25(38)32-22-6-3-5-21(28)26(22)29/h3,5-8,13,15-17,37H,4,9-12,14H2,1-2H3,(H,32,38)(H2,30,31,33,34,35). The summed E-state index contributed by atoms with van der Waals surface area (Å²) in [5.74, 6) is -1.05. The second-order valence-corrected chi connectivity index (χ2v) is 9.19. The van der Waals surface area contributed by atoms with Gasteiger partial charge in [-0.2, -0.15) is 5.10 Å². The molecular weight excluding hydrogens is 508 g/mol. The molecule has 2 heterocycles. The molecule has 0 aliphatic carbocycles. The molecule has 0 unspecified atom stereocenters. The predicted octanol–water partition coefficient (Wildman–Crippen LogP) is 4.03. The molecule has 1 amide bonds. The molecule has 10 nitrogen and oxygen atoms in total. The van der Waals surface area contributed by atoms with Crippen molar-refractivity contribution in [1.82, 2.24) is 25.1 Å². The molecule has 0 saturated heterocycles. The number of aliphatic hydroxyl groups is 1. The lowest BCUT2D eigenvalue weighted by atomic mass is 10.2. The molecule has 4 N–H and O–H groups in total. The first-order chi connectivity index (χ1) is 18.8. The number of halogens is 2. The van der Waals surface area contributed by atoms with Crippen molar-refractivity contribution in [3.05, 3.63) is 66.1 Å². The monoisotopic (exact) mass is 539 g/mol. The third-order valence-corrected chi connectivity index (χ3v) is 6.04. The molecule has 0 saturated carbocycles. The Morgan fingerprint density at radius 2 is 2.00 bits per heavy atom. The van der Waals surface area contributed by atoms with Gasteiger partial charge in [0.25, 0.3) is 0 Å². The van der Waals surface area contributed by atoms with Crippen molar-refractivity contribution in [3.8, 4) is 5.75 Å². The number of aromatic amines is 1. The normalized spacial score (nSPS) is 11.4. The predicted molar refractivity (Wildman–Crippen MR) is 144 cm³/mol. The van der Waals surface area contributed by atoms with E-state index in [4.69, 9.17) is 4.74 Å². The van der Waals surface area contributed by atoms with Gasteiger partial charge in [-0.15, -0.1) is 0 Å². The van der Waals surface area contributed by atoms with E-state index in [1.54, 1.807) is 6.07 Å². The first-order valence-corrected chi connectivity index (χ1v) is 12.6. The van der Waals surface area contributed by atoms with E-state index in [2.05, 4.69) is 49.5 Å². The van der Waals surface area contributed by atoms with E-state index in [-0.39, 0.29) is 18.7 Å². The van der Waals surface area contributed by atoms with Crippen LogP contribution in [0.15, 0.2) is 48.8 Å². The van der Waals surface area contributed by atoms with Crippen LogP contribution in [0.3, 0.4) is 0 Å². The van der Waals surface area contributed by atoms with Gasteiger partial charge in [0.15, 0.2) is 17.5 Å². The summed E-state index contributed by atoms with van der Waals surface area (Å²) in [6.45, 7) is 6.34. The number of nitrogens with zero attached hydrogens (tertiary/aromatic N) is 4. The van der Waals surface area contributed by atoms with E-state index in [9.17, 15) is 18.7 Å². The smallest absolute Gasteiger partial charge is 0.230 e. The summed E-state index contributed by atoms with van der Waals surface area (Å²) < 4.78 is 33.1. The van der Waals surface area contributed by atoms with E-state index in [0.29, 0.717) is 47.8 Å². The molecule has 0 bridgehead atoms. The zero-order chi connectivity index (χ0) is 27.8. The van der Waals surface area contributed by atoms with Crippen LogP contribution in [-0.4, -0.2) is 68.4 Å². The number of aromatic nitrogens is 4. The van der Waals surface area contributed by atoms with Gasteiger partial charge in [-0.1, -0.05) is 6.07 Å². The molecule has 2 aromatic heterocycles. The molecule has 4 rings (SSSR count). The first kappa shape index (κ1) is 27.9. The maximum absolute atomic E-state index is 13.8. The van der Waals surface area contributed by atoms with E-state index in [1.165, 1.54) is 18.5 Å². The van der Waals surface area contributed by atoms with Crippen LogP contribution in [0.25, 0.3) is 10.9 Å². The van der Waals surface area contributed by atoms with Crippen LogP contribution in [0, 0.1) is 11.6 Å². The fourth-order valence-electron chi connectivity index (χ4n) is 4.05. The minimum absolute atomic E-state index is 0.120. The average molecular weight is 540 g/mol. The number of hydrogen-bond donors (Lipinski definition) is 4. The van der Waals surface area contributed by atoms with Gasteiger partial charge in [-0.3, -0.25) is 14.8 Å². The van der Waals surface area contributed by atoms with Crippen molar-refractivity contribution in [2.75, 3.05) is 36.9 Å². The van der Waals surface area contributed by atoms with E-state index in [1.807, 2.05) is 18.2 Å². The summed E-state index contributed by atoms with van der Waals surface area (Å²) in [6, 6.07) is 11.1. The number of fused-ring (bicyclic) bond motifs is 1. The summed E-state index contributed by atoms with van der Waals surface area (Å²) in [7, 11) is 0. The maximum atomic E-state index is 13.8. The summed E-state index contributed by atoms with van der Waals surface area (Å²) in [5, 5.41) is 22.3. The second kappa shape index (κ2) is 13.1.